The molecule has 1 aromatic heterocycles. The molecule has 0 amide bonds. The Morgan fingerprint density at radius 1 is 1.44 bits per heavy atom. The number of aryl methyl sites for hydroxylation is 2. The van der Waals surface area contributed by atoms with Crippen molar-refractivity contribution in [2.45, 2.75) is 39.0 Å². The van der Waals surface area contributed by atoms with Gasteiger partial charge < -0.3 is 5.73 Å². The fraction of sp³-hybridized carbons (Fsp3) is 0.667. The van der Waals surface area contributed by atoms with Crippen molar-refractivity contribution >= 4 is 11.5 Å². The van der Waals surface area contributed by atoms with Gasteiger partial charge in [0.15, 0.2) is 0 Å². The monoisotopic (exact) mass is 220 g/mol. The highest BCUT2D eigenvalue weighted by Crippen LogP contribution is 2.25. The average molecular weight is 220 g/mol. The minimum absolute atomic E-state index is 0.480. The predicted molar refractivity (Wildman–Crippen MR) is 65.8 cm³/mol. The summed E-state index contributed by atoms with van der Waals surface area (Å²) in [6.07, 6.45) is 8.21. The molecule has 0 radical (unpaired) electrons. The molecule has 1 saturated carbocycles. The maximum Gasteiger partial charge on any atom is 0.106 e. The normalized spacial score (nSPS) is 19.0. The number of nitrogens with two attached hydrogens (primary N) is 1. The molecule has 1 aromatic rings. The third-order valence-corrected chi connectivity index (χ3v) is 3.26. The van der Waals surface area contributed by atoms with Gasteiger partial charge in [0.2, 0.25) is 0 Å². The van der Waals surface area contributed by atoms with E-state index >= 15 is 0 Å². The lowest BCUT2D eigenvalue weighted by Crippen LogP contribution is -2.25. The van der Waals surface area contributed by atoms with Gasteiger partial charge in [-0.05, 0) is 19.8 Å². The lowest BCUT2D eigenvalue weighted by Gasteiger charge is -2.20. The van der Waals surface area contributed by atoms with E-state index in [1.54, 1.807) is 4.68 Å². The highest BCUT2D eigenvalue weighted by atomic mass is 15.3. The van der Waals surface area contributed by atoms with Crippen molar-refractivity contribution in [2.75, 3.05) is 0 Å². The number of rotatable bonds is 2. The van der Waals surface area contributed by atoms with Crippen molar-refractivity contribution in [3.8, 4) is 0 Å². The van der Waals surface area contributed by atoms with Gasteiger partial charge in [-0.15, -0.1) is 0 Å². The summed E-state index contributed by atoms with van der Waals surface area (Å²) in [5, 5.41) is 4.26. The van der Waals surface area contributed by atoms with Crippen LogP contribution in [0.25, 0.3) is 0 Å². The maximum absolute atomic E-state index is 6.07. The molecular formula is C12H20N4. The maximum atomic E-state index is 6.07. The Morgan fingerprint density at radius 2 is 2.12 bits per heavy atom. The lowest BCUT2D eigenvalue weighted by molar-refractivity contribution is 0.437. The minimum atomic E-state index is 0.480. The molecule has 1 aliphatic rings. The molecule has 0 bridgehead atoms. The summed E-state index contributed by atoms with van der Waals surface area (Å²) < 4.78 is 1.78. The van der Waals surface area contributed by atoms with Crippen LogP contribution in [0, 0.1) is 12.8 Å². The van der Waals surface area contributed by atoms with Gasteiger partial charge in [0.1, 0.15) is 11.5 Å². The smallest absolute Gasteiger partial charge is 0.106 e. The van der Waals surface area contributed by atoms with Gasteiger partial charge >= 0.3 is 0 Å². The van der Waals surface area contributed by atoms with Gasteiger partial charge in [-0.2, -0.15) is 5.10 Å². The number of amidine groups is 1. The molecule has 1 heterocycles. The third-order valence-electron chi connectivity index (χ3n) is 3.26. The SMILES string of the molecule is Cc1nn(C)cc1N=C(N)C1CCCCC1. The first-order chi connectivity index (χ1) is 7.66. The molecule has 16 heavy (non-hydrogen) atoms. The van der Waals surface area contributed by atoms with E-state index in [2.05, 4.69) is 10.1 Å². The second kappa shape index (κ2) is 4.68. The second-order valence-electron chi connectivity index (χ2n) is 4.65. The van der Waals surface area contributed by atoms with Crippen LogP contribution in [0.15, 0.2) is 11.2 Å². The van der Waals surface area contributed by atoms with Gasteiger partial charge in [-0.3, -0.25) is 4.68 Å². The molecule has 2 rings (SSSR count). The number of hydrogen-bond donors (Lipinski definition) is 1. The summed E-state index contributed by atoms with van der Waals surface area (Å²) in [5.41, 5.74) is 7.93. The van der Waals surface area contributed by atoms with Crippen LogP contribution in [0.3, 0.4) is 0 Å². The summed E-state index contributed by atoms with van der Waals surface area (Å²) in [6.45, 7) is 1.97. The molecular weight excluding hydrogens is 200 g/mol. The van der Waals surface area contributed by atoms with Crippen LogP contribution in [0.5, 0.6) is 0 Å². The molecule has 0 saturated heterocycles. The number of aliphatic imine (C=N–C) groups is 1. The van der Waals surface area contributed by atoms with Crippen LogP contribution in [0.2, 0.25) is 0 Å². The quantitative estimate of drug-likeness (QED) is 0.614. The Balaban J connectivity index is 2.13. The van der Waals surface area contributed by atoms with Gasteiger partial charge in [0.25, 0.3) is 0 Å². The first-order valence-electron chi connectivity index (χ1n) is 6.01. The predicted octanol–water partition coefficient (Wildman–Crippen LogP) is 2.30. The van der Waals surface area contributed by atoms with E-state index in [1.165, 1.54) is 32.1 Å². The molecule has 0 atom stereocenters. The molecule has 0 spiro atoms. The lowest BCUT2D eigenvalue weighted by atomic mass is 9.88. The van der Waals surface area contributed by atoms with Gasteiger partial charge in [0, 0.05) is 13.0 Å². The molecule has 88 valence electrons. The van der Waals surface area contributed by atoms with Gasteiger partial charge in [-0.1, -0.05) is 19.3 Å². The van der Waals surface area contributed by atoms with Crippen LogP contribution in [-0.2, 0) is 7.05 Å². The molecule has 0 aromatic carbocycles. The number of nitrogens with zero attached hydrogens (tertiary/aromatic N) is 3. The zero-order valence-electron chi connectivity index (χ0n) is 10.1. The van der Waals surface area contributed by atoms with Crippen LogP contribution in [0.4, 0.5) is 5.69 Å². The van der Waals surface area contributed by atoms with Crippen LogP contribution in [0.1, 0.15) is 37.8 Å². The molecule has 0 unspecified atom stereocenters. The van der Waals surface area contributed by atoms with Crippen LogP contribution in [-0.4, -0.2) is 15.6 Å². The number of aromatic nitrogens is 2. The Hall–Kier alpha value is -1.32. The molecule has 0 aliphatic heterocycles. The Bertz CT molecular complexity index is 386. The molecule has 1 fully saturated rings. The standard InChI is InChI=1S/C12H20N4/c1-9-11(8-16(2)15-9)14-12(13)10-6-4-3-5-7-10/h8,10H,3-7H2,1-2H3,(H2,13,14). The summed E-state index contributed by atoms with van der Waals surface area (Å²) in [7, 11) is 1.91. The zero-order valence-corrected chi connectivity index (χ0v) is 10.1. The Morgan fingerprint density at radius 3 is 2.69 bits per heavy atom. The van der Waals surface area contributed by atoms with E-state index in [-0.39, 0.29) is 0 Å². The van der Waals surface area contributed by atoms with Crippen molar-refractivity contribution in [3.05, 3.63) is 11.9 Å². The molecule has 4 heteroatoms. The van der Waals surface area contributed by atoms with Crippen molar-refractivity contribution in [3.63, 3.8) is 0 Å². The van der Waals surface area contributed by atoms with E-state index in [0.29, 0.717) is 5.92 Å². The van der Waals surface area contributed by atoms with E-state index in [0.717, 1.165) is 17.2 Å². The van der Waals surface area contributed by atoms with E-state index < -0.39 is 0 Å². The van der Waals surface area contributed by atoms with Crippen molar-refractivity contribution in [1.29, 1.82) is 0 Å². The summed E-state index contributed by atoms with van der Waals surface area (Å²) in [4.78, 5) is 4.51. The van der Waals surface area contributed by atoms with Crippen LogP contribution < -0.4 is 5.73 Å². The summed E-state index contributed by atoms with van der Waals surface area (Å²) >= 11 is 0. The zero-order chi connectivity index (χ0) is 11.5. The second-order valence-corrected chi connectivity index (χ2v) is 4.65. The van der Waals surface area contributed by atoms with Gasteiger partial charge in [-0.25, -0.2) is 4.99 Å². The summed E-state index contributed by atoms with van der Waals surface area (Å²) in [6, 6.07) is 0. The average Bonchev–Trinajstić information content (AvgIpc) is 2.59. The molecule has 4 nitrogen and oxygen atoms in total. The minimum Gasteiger partial charge on any atom is -0.387 e. The summed E-state index contributed by atoms with van der Waals surface area (Å²) in [5.74, 6) is 1.27. The van der Waals surface area contributed by atoms with E-state index in [1.807, 2.05) is 20.2 Å². The Labute approximate surface area is 96.6 Å². The molecule has 2 N–H and O–H groups in total. The topological polar surface area (TPSA) is 56.2 Å². The largest absolute Gasteiger partial charge is 0.387 e. The first kappa shape index (κ1) is 11.2. The fourth-order valence-corrected chi connectivity index (χ4v) is 2.33. The van der Waals surface area contributed by atoms with E-state index in [9.17, 15) is 0 Å². The van der Waals surface area contributed by atoms with Crippen molar-refractivity contribution in [2.24, 2.45) is 23.7 Å². The third kappa shape index (κ3) is 2.43. The van der Waals surface area contributed by atoms with Crippen molar-refractivity contribution < 1.29 is 0 Å². The number of hydrogen-bond acceptors (Lipinski definition) is 2. The van der Waals surface area contributed by atoms with Crippen LogP contribution >= 0.6 is 0 Å². The fourth-order valence-electron chi connectivity index (χ4n) is 2.33. The highest BCUT2D eigenvalue weighted by Gasteiger charge is 2.17. The Kier molecular flexibility index (Phi) is 3.27. The van der Waals surface area contributed by atoms with Crippen molar-refractivity contribution in [1.82, 2.24) is 9.78 Å². The van der Waals surface area contributed by atoms with Gasteiger partial charge in [0.05, 0.1) is 11.9 Å². The van der Waals surface area contributed by atoms with E-state index in [4.69, 9.17) is 5.73 Å². The highest BCUT2D eigenvalue weighted by molar-refractivity contribution is 5.85. The molecule has 1 aliphatic carbocycles. The first-order valence-corrected chi connectivity index (χ1v) is 6.01.